The van der Waals surface area contributed by atoms with Crippen molar-refractivity contribution in [1.29, 1.82) is 0 Å². The maximum atomic E-state index is 13.6. The summed E-state index contributed by atoms with van der Waals surface area (Å²) in [5.41, 5.74) is 1.88. The van der Waals surface area contributed by atoms with Crippen LogP contribution in [-0.4, -0.2) is 34.4 Å². The molecule has 2 heterocycles. The van der Waals surface area contributed by atoms with Crippen LogP contribution in [0.5, 0.6) is 5.75 Å². The topological polar surface area (TPSA) is 75.3 Å². The summed E-state index contributed by atoms with van der Waals surface area (Å²) in [4.78, 5) is 35.0. The van der Waals surface area contributed by atoms with Crippen LogP contribution in [0.1, 0.15) is 48.3 Å². The second-order valence-corrected chi connectivity index (χ2v) is 7.57. The molecule has 1 aromatic heterocycles. The van der Waals surface area contributed by atoms with Gasteiger partial charge in [-0.1, -0.05) is 25.0 Å². The molecule has 0 spiro atoms. The average Bonchev–Trinajstić information content (AvgIpc) is 3.18. The summed E-state index contributed by atoms with van der Waals surface area (Å²) in [6.07, 6.45) is 4.42. The molecule has 6 nitrogen and oxygen atoms in total. The van der Waals surface area contributed by atoms with Crippen LogP contribution in [0.4, 0.5) is 0 Å². The maximum Gasteiger partial charge on any atom is 0.256 e. The fourth-order valence-corrected chi connectivity index (χ4v) is 4.54. The Kier molecular flexibility index (Phi) is 4.50. The van der Waals surface area contributed by atoms with E-state index < -0.39 is 5.41 Å². The zero-order chi connectivity index (χ0) is 19.0. The van der Waals surface area contributed by atoms with Crippen molar-refractivity contribution in [2.75, 3.05) is 13.7 Å². The summed E-state index contributed by atoms with van der Waals surface area (Å²) in [5.74, 6) is 1.55. The molecule has 6 heteroatoms. The Bertz CT molecular complexity index is 911. The minimum atomic E-state index is -0.491. The molecule has 1 N–H and O–H groups in total. The fraction of sp³-hybridized carbons (Fsp3) is 0.476. The third kappa shape index (κ3) is 3.03. The van der Waals surface area contributed by atoms with E-state index >= 15 is 0 Å². The molecule has 0 saturated heterocycles. The molecule has 0 bridgehead atoms. The molecule has 2 aliphatic rings. The zero-order valence-electron chi connectivity index (χ0n) is 15.9. The SMILES string of the molecule is COc1ccc(C2(C(=O)N3CCc4nc(C)[nH]c(=O)c4C3)CCCC2)cc1. The highest BCUT2D eigenvalue weighted by Gasteiger charge is 2.45. The number of fused-ring (bicyclic) bond motifs is 1. The van der Waals surface area contributed by atoms with Gasteiger partial charge in [0.05, 0.1) is 30.3 Å². The highest BCUT2D eigenvalue weighted by Crippen LogP contribution is 2.43. The summed E-state index contributed by atoms with van der Waals surface area (Å²) in [5, 5.41) is 0. The van der Waals surface area contributed by atoms with Gasteiger partial charge in [-0.3, -0.25) is 9.59 Å². The number of rotatable bonds is 3. The third-order valence-electron chi connectivity index (χ3n) is 5.98. The molecule has 27 heavy (non-hydrogen) atoms. The Morgan fingerprint density at radius 1 is 1.22 bits per heavy atom. The summed E-state index contributed by atoms with van der Waals surface area (Å²) >= 11 is 0. The van der Waals surface area contributed by atoms with Crippen molar-refractivity contribution in [2.45, 2.75) is 51.0 Å². The summed E-state index contributed by atoms with van der Waals surface area (Å²) in [7, 11) is 1.64. The number of nitrogens with zero attached hydrogens (tertiary/aromatic N) is 2. The van der Waals surface area contributed by atoms with E-state index in [1.165, 1.54) is 0 Å². The fourth-order valence-electron chi connectivity index (χ4n) is 4.54. The molecule has 0 unspecified atom stereocenters. The molecule has 0 radical (unpaired) electrons. The second-order valence-electron chi connectivity index (χ2n) is 7.57. The molecule has 1 fully saturated rings. The number of aromatic nitrogens is 2. The van der Waals surface area contributed by atoms with Crippen molar-refractivity contribution in [3.05, 3.63) is 57.3 Å². The summed E-state index contributed by atoms with van der Waals surface area (Å²) in [6.45, 7) is 2.74. The lowest BCUT2D eigenvalue weighted by molar-refractivity contribution is -0.138. The van der Waals surface area contributed by atoms with Gasteiger partial charge >= 0.3 is 0 Å². The van der Waals surface area contributed by atoms with Crippen LogP contribution in [-0.2, 0) is 23.2 Å². The van der Waals surface area contributed by atoms with Gasteiger partial charge in [0.15, 0.2) is 0 Å². The molecule has 1 saturated carbocycles. The second kappa shape index (κ2) is 6.83. The number of methoxy groups -OCH3 is 1. The van der Waals surface area contributed by atoms with Crippen LogP contribution in [0.2, 0.25) is 0 Å². The first-order valence-corrected chi connectivity index (χ1v) is 9.56. The van der Waals surface area contributed by atoms with Gasteiger partial charge in [0, 0.05) is 13.0 Å². The molecule has 0 atom stereocenters. The largest absolute Gasteiger partial charge is 0.497 e. The number of aryl methyl sites for hydroxylation is 1. The first kappa shape index (κ1) is 17.8. The molecule has 1 aromatic carbocycles. The molecule has 1 aliphatic heterocycles. The first-order chi connectivity index (χ1) is 13.0. The van der Waals surface area contributed by atoms with Gasteiger partial charge in [-0.2, -0.15) is 0 Å². The van der Waals surface area contributed by atoms with E-state index in [-0.39, 0.29) is 11.5 Å². The first-order valence-electron chi connectivity index (χ1n) is 9.56. The van der Waals surface area contributed by atoms with Gasteiger partial charge < -0.3 is 14.6 Å². The monoisotopic (exact) mass is 367 g/mol. The van der Waals surface area contributed by atoms with E-state index in [2.05, 4.69) is 9.97 Å². The number of carbonyl (C=O) groups excluding carboxylic acids is 1. The number of carbonyl (C=O) groups is 1. The van der Waals surface area contributed by atoms with Crippen molar-refractivity contribution in [3.63, 3.8) is 0 Å². The summed E-state index contributed by atoms with van der Waals surface area (Å²) in [6, 6.07) is 7.87. The number of H-pyrrole nitrogens is 1. The van der Waals surface area contributed by atoms with Gasteiger partial charge in [-0.15, -0.1) is 0 Å². The number of hydrogen-bond donors (Lipinski definition) is 1. The molecule has 1 aliphatic carbocycles. The van der Waals surface area contributed by atoms with Crippen molar-refractivity contribution >= 4 is 5.91 Å². The van der Waals surface area contributed by atoms with E-state index in [0.29, 0.717) is 30.9 Å². The molecular formula is C21H25N3O3. The van der Waals surface area contributed by atoms with E-state index in [1.807, 2.05) is 29.2 Å². The van der Waals surface area contributed by atoms with Crippen molar-refractivity contribution < 1.29 is 9.53 Å². The molecular weight excluding hydrogens is 342 g/mol. The number of ether oxygens (including phenoxy) is 1. The average molecular weight is 367 g/mol. The van der Waals surface area contributed by atoms with Crippen molar-refractivity contribution in [1.82, 2.24) is 14.9 Å². The number of hydrogen-bond acceptors (Lipinski definition) is 4. The van der Waals surface area contributed by atoms with Gasteiger partial charge in [-0.05, 0) is 37.5 Å². The minimum Gasteiger partial charge on any atom is -0.497 e. The van der Waals surface area contributed by atoms with Crippen LogP contribution < -0.4 is 10.3 Å². The van der Waals surface area contributed by atoms with Crippen LogP contribution in [0.15, 0.2) is 29.1 Å². The van der Waals surface area contributed by atoms with E-state index in [0.717, 1.165) is 42.7 Å². The lowest BCUT2D eigenvalue weighted by Gasteiger charge is -2.37. The highest BCUT2D eigenvalue weighted by atomic mass is 16.5. The highest BCUT2D eigenvalue weighted by molar-refractivity contribution is 5.89. The number of nitrogens with one attached hydrogen (secondary N) is 1. The van der Waals surface area contributed by atoms with Gasteiger partial charge in [0.2, 0.25) is 5.91 Å². The number of amides is 1. The Balaban J connectivity index is 1.66. The third-order valence-corrected chi connectivity index (χ3v) is 5.98. The van der Waals surface area contributed by atoms with Gasteiger partial charge in [-0.25, -0.2) is 4.98 Å². The summed E-state index contributed by atoms with van der Waals surface area (Å²) < 4.78 is 5.26. The van der Waals surface area contributed by atoms with Gasteiger partial charge in [0.25, 0.3) is 5.56 Å². The quantitative estimate of drug-likeness (QED) is 0.904. The zero-order valence-corrected chi connectivity index (χ0v) is 15.9. The lowest BCUT2D eigenvalue weighted by Crippen LogP contribution is -2.48. The smallest absolute Gasteiger partial charge is 0.256 e. The van der Waals surface area contributed by atoms with Crippen LogP contribution in [0.3, 0.4) is 0 Å². The molecule has 2 aromatic rings. The number of aromatic amines is 1. The standard InChI is InChI=1S/C21H25N3O3/c1-14-22-18-9-12-24(13-17(18)19(25)23-14)20(26)21(10-3-4-11-21)15-5-7-16(27-2)8-6-15/h5-8H,3-4,9-13H2,1-2H3,(H,22,23,25). The van der Waals surface area contributed by atoms with Gasteiger partial charge in [0.1, 0.15) is 11.6 Å². The Morgan fingerprint density at radius 2 is 1.93 bits per heavy atom. The predicted molar refractivity (Wildman–Crippen MR) is 102 cm³/mol. The molecule has 4 rings (SSSR count). The maximum absolute atomic E-state index is 13.6. The van der Waals surface area contributed by atoms with E-state index in [1.54, 1.807) is 14.0 Å². The molecule has 1 amide bonds. The Morgan fingerprint density at radius 3 is 2.59 bits per heavy atom. The normalized spacial score (nSPS) is 18.2. The minimum absolute atomic E-state index is 0.125. The Labute approximate surface area is 158 Å². The van der Waals surface area contributed by atoms with Crippen LogP contribution in [0.25, 0.3) is 0 Å². The van der Waals surface area contributed by atoms with Crippen LogP contribution in [0, 0.1) is 6.92 Å². The molecule has 142 valence electrons. The predicted octanol–water partition coefficient (Wildman–Crippen LogP) is 2.48. The van der Waals surface area contributed by atoms with Crippen molar-refractivity contribution in [2.24, 2.45) is 0 Å². The lowest BCUT2D eigenvalue weighted by atomic mass is 9.77. The Hall–Kier alpha value is -2.63. The van der Waals surface area contributed by atoms with Crippen molar-refractivity contribution in [3.8, 4) is 5.75 Å². The van der Waals surface area contributed by atoms with Crippen LogP contribution >= 0.6 is 0 Å². The number of benzene rings is 1. The van der Waals surface area contributed by atoms with E-state index in [4.69, 9.17) is 4.74 Å². The van der Waals surface area contributed by atoms with E-state index in [9.17, 15) is 9.59 Å².